The highest BCUT2D eigenvalue weighted by molar-refractivity contribution is 5.52. The van der Waals surface area contributed by atoms with Crippen LogP contribution in [0.15, 0.2) is 42.5 Å². The first-order valence-electron chi connectivity index (χ1n) is 11.3. The quantitative estimate of drug-likeness (QED) is 0.333. The van der Waals surface area contributed by atoms with Crippen LogP contribution in [0.3, 0.4) is 0 Å². The van der Waals surface area contributed by atoms with E-state index in [1.165, 1.54) is 68.9 Å². The van der Waals surface area contributed by atoms with Gasteiger partial charge >= 0.3 is 0 Å². The second-order valence-electron chi connectivity index (χ2n) is 7.80. The summed E-state index contributed by atoms with van der Waals surface area (Å²) in [6.07, 6.45) is 14.7. The highest BCUT2D eigenvalue weighted by Gasteiger charge is 2.15. The van der Waals surface area contributed by atoms with E-state index in [0.29, 0.717) is 5.75 Å². The van der Waals surface area contributed by atoms with Gasteiger partial charge in [0.25, 0.3) is 0 Å². The Balaban J connectivity index is 2.13. The molecule has 0 heterocycles. The summed E-state index contributed by atoms with van der Waals surface area (Å²) in [4.78, 5) is 0. The first-order valence-corrected chi connectivity index (χ1v) is 11.3. The summed E-state index contributed by atoms with van der Waals surface area (Å²) in [5.41, 5.74) is 2.55. The van der Waals surface area contributed by atoms with Gasteiger partial charge < -0.3 is 9.84 Å². The van der Waals surface area contributed by atoms with E-state index >= 15 is 0 Å². The predicted molar refractivity (Wildman–Crippen MR) is 120 cm³/mol. The third-order valence-corrected chi connectivity index (χ3v) is 5.38. The van der Waals surface area contributed by atoms with E-state index in [4.69, 9.17) is 4.74 Å². The van der Waals surface area contributed by atoms with Crippen molar-refractivity contribution in [2.45, 2.75) is 90.9 Å². The molecule has 0 amide bonds. The minimum absolute atomic E-state index is 0.252. The minimum Gasteiger partial charge on any atom is -0.504 e. The van der Waals surface area contributed by atoms with Gasteiger partial charge in [0.05, 0.1) is 0 Å². The highest BCUT2D eigenvalue weighted by atomic mass is 16.5. The molecule has 0 aliphatic rings. The van der Waals surface area contributed by atoms with Gasteiger partial charge in [-0.2, -0.15) is 0 Å². The maximum absolute atomic E-state index is 10.5. The summed E-state index contributed by atoms with van der Waals surface area (Å²) < 4.78 is 6.15. The van der Waals surface area contributed by atoms with Crippen LogP contribution in [0.5, 0.6) is 17.2 Å². The Morgan fingerprint density at radius 3 is 1.93 bits per heavy atom. The monoisotopic (exact) mass is 382 g/mol. The maximum atomic E-state index is 10.5. The van der Waals surface area contributed by atoms with Gasteiger partial charge in [0.1, 0.15) is 5.75 Å². The lowest BCUT2D eigenvalue weighted by Crippen LogP contribution is -2.00. The van der Waals surface area contributed by atoms with Crippen LogP contribution in [-0.2, 0) is 12.8 Å². The summed E-state index contributed by atoms with van der Waals surface area (Å²) in [6.45, 7) is 4.50. The molecule has 28 heavy (non-hydrogen) atoms. The Morgan fingerprint density at radius 2 is 1.29 bits per heavy atom. The van der Waals surface area contributed by atoms with Crippen LogP contribution in [0.4, 0.5) is 0 Å². The van der Waals surface area contributed by atoms with Crippen molar-refractivity contribution < 1.29 is 9.84 Å². The van der Waals surface area contributed by atoms with Gasteiger partial charge in [-0.05, 0) is 49.4 Å². The zero-order chi connectivity index (χ0) is 20.0. The zero-order valence-corrected chi connectivity index (χ0v) is 17.9. The van der Waals surface area contributed by atoms with Crippen molar-refractivity contribution in [3.63, 3.8) is 0 Å². The number of phenolic OH excluding ortho intramolecular Hbond substituents is 1. The first-order chi connectivity index (χ1) is 13.8. The molecule has 2 aromatic rings. The molecule has 0 atom stereocenters. The van der Waals surface area contributed by atoms with Crippen LogP contribution in [-0.4, -0.2) is 5.11 Å². The molecule has 0 aliphatic carbocycles. The molecule has 0 aliphatic heterocycles. The van der Waals surface area contributed by atoms with Crippen molar-refractivity contribution in [3.8, 4) is 17.2 Å². The summed E-state index contributed by atoms with van der Waals surface area (Å²) in [5.74, 6) is 1.69. The predicted octanol–water partition coefficient (Wildman–Crippen LogP) is 8.21. The van der Waals surface area contributed by atoms with E-state index in [1.54, 1.807) is 6.07 Å². The molecule has 0 bridgehead atoms. The van der Waals surface area contributed by atoms with Crippen molar-refractivity contribution in [2.24, 2.45) is 0 Å². The Morgan fingerprint density at radius 1 is 0.679 bits per heavy atom. The Bertz CT molecular complexity index is 664. The topological polar surface area (TPSA) is 29.5 Å². The fourth-order valence-electron chi connectivity index (χ4n) is 3.71. The van der Waals surface area contributed by atoms with Crippen molar-refractivity contribution in [1.29, 1.82) is 0 Å². The Kier molecular flexibility index (Phi) is 10.6. The van der Waals surface area contributed by atoms with Gasteiger partial charge in [-0.25, -0.2) is 0 Å². The Labute approximate surface area is 172 Å². The van der Waals surface area contributed by atoms with Crippen molar-refractivity contribution in [2.75, 3.05) is 0 Å². The molecule has 2 heteroatoms. The van der Waals surface area contributed by atoms with E-state index in [2.05, 4.69) is 19.9 Å². The molecule has 0 saturated carbocycles. The number of ether oxygens (including phenoxy) is 1. The third-order valence-electron chi connectivity index (χ3n) is 5.38. The largest absolute Gasteiger partial charge is 0.504 e. The van der Waals surface area contributed by atoms with Crippen LogP contribution >= 0.6 is 0 Å². The minimum atomic E-state index is 0.252. The smallest absolute Gasteiger partial charge is 0.172 e. The number of aromatic hydroxyl groups is 1. The molecule has 154 valence electrons. The lowest BCUT2D eigenvalue weighted by Gasteiger charge is -2.17. The summed E-state index contributed by atoms with van der Waals surface area (Å²) in [6, 6.07) is 13.7. The molecular weight excluding hydrogens is 344 g/mol. The lowest BCUT2D eigenvalue weighted by molar-refractivity contribution is 0.405. The van der Waals surface area contributed by atoms with E-state index < -0.39 is 0 Å². The summed E-state index contributed by atoms with van der Waals surface area (Å²) >= 11 is 0. The number of rotatable bonds is 14. The number of hydrogen-bond acceptors (Lipinski definition) is 2. The standard InChI is InChI=1S/C26H38O2/c1-3-5-7-9-12-16-22-20-21-25(27)26(28-23-17-13-11-14-18-23)24(22)19-15-10-8-6-4-2/h11,13-14,17-18,20-21,27H,3-10,12,15-16,19H2,1-2H3. The van der Waals surface area contributed by atoms with Gasteiger partial charge in [0, 0.05) is 5.56 Å². The molecule has 2 aromatic carbocycles. The average Bonchev–Trinajstić information content (AvgIpc) is 2.72. The van der Waals surface area contributed by atoms with Crippen molar-refractivity contribution in [3.05, 3.63) is 53.6 Å². The van der Waals surface area contributed by atoms with E-state index in [-0.39, 0.29) is 5.75 Å². The normalized spacial score (nSPS) is 10.9. The average molecular weight is 383 g/mol. The van der Waals surface area contributed by atoms with Crippen LogP contribution in [0.25, 0.3) is 0 Å². The number of unbranched alkanes of at least 4 members (excludes halogenated alkanes) is 8. The first kappa shape index (κ1) is 22.3. The van der Waals surface area contributed by atoms with Crippen LogP contribution in [0.1, 0.15) is 89.2 Å². The number of phenols is 1. The molecule has 1 N–H and O–H groups in total. The van der Waals surface area contributed by atoms with Gasteiger partial charge in [-0.15, -0.1) is 0 Å². The molecule has 0 aromatic heterocycles. The molecule has 0 spiro atoms. The fraction of sp³-hybridized carbons (Fsp3) is 0.538. The van der Waals surface area contributed by atoms with Crippen molar-refractivity contribution >= 4 is 0 Å². The molecular formula is C26H38O2. The van der Waals surface area contributed by atoms with E-state index in [9.17, 15) is 5.11 Å². The zero-order valence-electron chi connectivity index (χ0n) is 17.9. The second kappa shape index (κ2) is 13.3. The lowest BCUT2D eigenvalue weighted by atomic mass is 9.95. The van der Waals surface area contributed by atoms with E-state index in [1.807, 2.05) is 30.3 Å². The van der Waals surface area contributed by atoms with Crippen molar-refractivity contribution in [1.82, 2.24) is 0 Å². The molecule has 2 rings (SSSR count). The highest BCUT2D eigenvalue weighted by Crippen LogP contribution is 2.38. The molecule has 0 fully saturated rings. The van der Waals surface area contributed by atoms with Gasteiger partial charge in [-0.1, -0.05) is 89.5 Å². The summed E-state index contributed by atoms with van der Waals surface area (Å²) in [5, 5.41) is 10.5. The molecule has 0 saturated heterocycles. The number of aryl methyl sites for hydroxylation is 1. The van der Waals surface area contributed by atoms with Gasteiger partial charge in [0.2, 0.25) is 0 Å². The van der Waals surface area contributed by atoms with E-state index in [0.717, 1.165) is 25.0 Å². The number of hydrogen-bond donors (Lipinski definition) is 1. The molecule has 2 nitrogen and oxygen atoms in total. The van der Waals surface area contributed by atoms with Crippen LogP contribution in [0.2, 0.25) is 0 Å². The number of benzene rings is 2. The van der Waals surface area contributed by atoms with Gasteiger partial charge in [-0.3, -0.25) is 0 Å². The molecule has 0 unspecified atom stereocenters. The maximum Gasteiger partial charge on any atom is 0.172 e. The SMILES string of the molecule is CCCCCCCc1ccc(O)c(Oc2ccccc2)c1CCCCCCC. The van der Waals surface area contributed by atoms with Crippen LogP contribution < -0.4 is 4.74 Å². The number of para-hydroxylation sites is 1. The third kappa shape index (κ3) is 7.58. The summed E-state index contributed by atoms with van der Waals surface area (Å²) in [7, 11) is 0. The fourth-order valence-corrected chi connectivity index (χ4v) is 3.71. The molecule has 0 radical (unpaired) electrons. The second-order valence-corrected chi connectivity index (χ2v) is 7.80. The van der Waals surface area contributed by atoms with Crippen LogP contribution in [0, 0.1) is 0 Å². The van der Waals surface area contributed by atoms with Gasteiger partial charge in [0.15, 0.2) is 11.5 Å². The Hall–Kier alpha value is -1.96.